The minimum absolute atomic E-state index is 0.227. The predicted molar refractivity (Wildman–Crippen MR) is 65.9 cm³/mol. The molecule has 0 aliphatic rings. The average Bonchev–Trinajstić information content (AvgIpc) is 2.62. The number of nitrogens with two attached hydrogens (primary N) is 1. The molecule has 0 aliphatic heterocycles. The maximum Gasteiger partial charge on any atom is 0.343 e. The quantitative estimate of drug-likeness (QED) is 0.553. The van der Waals surface area contributed by atoms with E-state index in [4.69, 9.17) is 5.73 Å². The van der Waals surface area contributed by atoms with Crippen LogP contribution in [0.4, 0.5) is 0 Å². The zero-order chi connectivity index (χ0) is 12.8. The zero-order valence-electron chi connectivity index (χ0n) is 9.90. The Morgan fingerprint density at radius 2 is 2.41 bits per heavy atom. The van der Waals surface area contributed by atoms with Crippen molar-refractivity contribution in [1.29, 1.82) is 0 Å². The van der Waals surface area contributed by atoms with Gasteiger partial charge in [0.05, 0.1) is 6.04 Å². The Balaban J connectivity index is 2.68. The number of thioether (sulfide) groups is 1. The SMILES string of the molecule is CCCn1c(SCC(NC)C(N)=O)n[nH]c1=O. The molecular formula is C9H17N5O2S. The van der Waals surface area contributed by atoms with E-state index in [-0.39, 0.29) is 5.69 Å². The lowest BCUT2D eigenvalue weighted by molar-refractivity contribution is -0.119. The van der Waals surface area contributed by atoms with Crippen molar-refractivity contribution >= 4 is 17.7 Å². The third-order valence-electron chi connectivity index (χ3n) is 2.24. The molecule has 17 heavy (non-hydrogen) atoms. The van der Waals surface area contributed by atoms with Crippen molar-refractivity contribution in [2.75, 3.05) is 12.8 Å². The minimum atomic E-state index is -0.429. The van der Waals surface area contributed by atoms with Gasteiger partial charge in [-0.15, -0.1) is 5.10 Å². The molecule has 96 valence electrons. The number of aromatic nitrogens is 3. The number of carbonyl (C=O) groups is 1. The Bertz CT molecular complexity index is 427. The smallest absolute Gasteiger partial charge is 0.343 e. The number of carbonyl (C=O) groups excluding carboxylic acids is 1. The number of primary amides is 1. The molecule has 1 rings (SSSR count). The van der Waals surface area contributed by atoms with E-state index in [1.807, 2.05) is 6.92 Å². The summed E-state index contributed by atoms with van der Waals surface area (Å²) in [6, 6.07) is -0.429. The van der Waals surface area contributed by atoms with Gasteiger partial charge in [-0.3, -0.25) is 9.36 Å². The summed E-state index contributed by atoms with van der Waals surface area (Å²) in [5.41, 5.74) is 4.97. The highest BCUT2D eigenvalue weighted by atomic mass is 32.2. The van der Waals surface area contributed by atoms with Gasteiger partial charge in [0.2, 0.25) is 5.91 Å². The van der Waals surface area contributed by atoms with E-state index in [1.165, 1.54) is 11.8 Å². The second-order valence-electron chi connectivity index (χ2n) is 3.52. The zero-order valence-corrected chi connectivity index (χ0v) is 10.7. The number of amides is 1. The summed E-state index contributed by atoms with van der Waals surface area (Å²) in [5.74, 6) is 0.0275. The van der Waals surface area contributed by atoms with Crippen LogP contribution in [0.5, 0.6) is 0 Å². The summed E-state index contributed by atoms with van der Waals surface area (Å²) in [6.45, 7) is 2.59. The highest BCUT2D eigenvalue weighted by Gasteiger charge is 2.15. The molecule has 0 spiro atoms. The molecule has 7 nitrogen and oxygen atoms in total. The van der Waals surface area contributed by atoms with Crippen molar-refractivity contribution in [3.63, 3.8) is 0 Å². The minimum Gasteiger partial charge on any atom is -0.368 e. The summed E-state index contributed by atoms with van der Waals surface area (Å²) in [7, 11) is 1.67. The monoisotopic (exact) mass is 259 g/mol. The highest BCUT2D eigenvalue weighted by molar-refractivity contribution is 7.99. The number of likely N-dealkylation sites (N-methyl/N-ethyl adjacent to an activating group) is 1. The lowest BCUT2D eigenvalue weighted by Crippen LogP contribution is -2.41. The molecule has 1 aromatic rings. The Kier molecular flexibility index (Phi) is 5.23. The number of rotatable bonds is 7. The number of nitrogens with one attached hydrogen (secondary N) is 2. The summed E-state index contributed by atoms with van der Waals surface area (Å²) in [4.78, 5) is 22.4. The van der Waals surface area contributed by atoms with E-state index in [0.29, 0.717) is 17.5 Å². The predicted octanol–water partition coefficient (Wildman–Crippen LogP) is -0.853. The summed E-state index contributed by atoms with van der Waals surface area (Å²) in [6.07, 6.45) is 0.846. The van der Waals surface area contributed by atoms with Crippen LogP contribution in [-0.2, 0) is 11.3 Å². The third kappa shape index (κ3) is 3.60. The first-order valence-corrected chi connectivity index (χ1v) is 6.33. The molecule has 0 aromatic carbocycles. The van der Waals surface area contributed by atoms with Crippen LogP contribution >= 0.6 is 11.8 Å². The van der Waals surface area contributed by atoms with E-state index in [2.05, 4.69) is 15.5 Å². The van der Waals surface area contributed by atoms with Crippen LogP contribution in [0.15, 0.2) is 9.95 Å². The van der Waals surface area contributed by atoms with Gasteiger partial charge in [-0.25, -0.2) is 9.89 Å². The maximum atomic E-state index is 11.4. The first-order valence-electron chi connectivity index (χ1n) is 5.34. The molecule has 0 bridgehead atoms. The fraction of sp³-hybridized carbons (Fsp3) is 0.667. The van der Waals surface area contributed by atoms with Crippen molar-refractivity contribution in [2.24, 2.45) is 5.73 Å². The fourth-order valence-electron chi connectivity index (χ4n) is 1.30. The molecule has 1 heterocycles. The van der Waals surface area contributed by atoms with Crippen LogP contribution < -0.4 is 16.7 Å². The molecule has 0 aliphatic carbocycles. The second-order valence-corrected chi connectivity index (χ2v) is 4.50. The molecule has 1 atom stereocenters. The molecule has 0 fully saturated rings. The van der Waals surface area contributed by atoms with Gasteiger partial charge < -0.3 is 11.1 Å². The second kappa shape index (κ2) is 6.45. The van der Waals surface area contributed by atoms with Crippen molar-refractivity contribution in [3.05, 3.63) is 10.5 Å². The molecule has 0 radical (unpaired) electrons. The van der Waals surface area contributed by atoms with Gasteiger partial charge in [-0.2, -0.15) is 0 Å². The first-order chi connectivity index (χ1) is 8.10. The number of hydrogen-bond donors (Lipinski definition) is 3. The average molecular weight is 259 g/mol. The number of hydrogen-bond acceptors (Lipinski definition) is 5. The summed E-state index contributed by atoms with van der Waals surface area (Å²) in [5, 5.41) is 9.69. The molecule has 1 amide bonds. The number of H-pyrrole nitrogens is 1. The molecule has 0 saturated heterocycles. The van der Waals surface area contributed by atoms with E-state index in [0.717, 1.165) is 6.42 Å². The van der Waals surface area contributed by atoms with Crippen molar-refractivity contribution in [3.8, 4) is 0 Å². The lowest BCUT2D eigenvalue weighted by atomic mass is 10.3. The van der Waals surface area contributed by atoms with E-state index >= 15 is 0 Å². The van der Waals surface area contributed by atoms with Gasteiger partial charge in [0.15, 0.2) is 5.16 Å². The van der Waals surface area contributed by atoms with Crippen molar-refractivity contribution < 1.29 is 4.79 Å². The normalized spacial score (nSPS) is 12.6. The van der Waals surface area contributed by atoms with Crippen LogP contribution in [0, 0.1) is 0 Å². The number of aromatic amines is 1. The molecule has 8 heteroatoms. The Morgan fingerprint density at radius 3 is 2.94 bits per heavy atom. The topological polar surface area (TPSA) is 106 Å². The van der Waals surface area contributed by atoms with Crippen LogP contribution in [-0.4, -0.2) is 39.5 Å². The van der Waals surface area contributed by atoms with Crippen LogP contribution in [0.2, 0.25) is 0 Å². The van der Waals surface area contributed by atoms with Crippen LogP contribution in [0.1, 0.15) is 13.3 Å². The van der Waals surface area contributed by atoms with E-state index < -0.39 is 11.9 Å². The van der Waals surface area contributed by atoms with Gasteiger partial charge >= 0.3 is 5.69 Å². The molecule has 1 unspecified atom stereocenters. The van der Waals surface area contributed by atoms with Gasteiger partial charge in [0.25, 0.3) is 0 Å². The van der Waals surface area contributed by atoms with E-state index in [9.17, 15) is 9.59 Å². The lowest BCUT2D eigenvalue weighted by Gasteiger charge is -2.11. The maximum absolute atomic E-state index is 11.4. The van der Waals surface area contributed by atoms with Crippen molar-refractivity contribution in [2.45, 2.75) is 31.1 Å². The highest BCUT2D eigenvalue weighted by Crippen LogP contribution is 2.14. The standard InChI is InChI=1S/C9H17N5O2S/c1-3-4-14-8(16)12-13-9(14)17-5-6(11-2)7(10)15/h6,11H,3-5H2,1-2H3,(H2,10,15)(H,12,16). The van der Waals surface area contributed by atoms with Crippen molar-refractivity contribution in [1.82, 2.24) is 20.1 Å². The Morgan fingerprint density at radius 1 is 1.71 bits per heavy atom. The molecular weight excluding hydrogens is 242 g/mol. The summed E-state index contributed by atoms with van der Waals surface area (Å²) < 4.78 is 1.55. The Hall–Kier alpha value is -1.28. The molecule has 1 aromatic heterocycles. The van der Waals surface area contributed by atoms with Gasteiger partial charge in [-0.05, 0) is 13.5 Å². The van der Waals surface area contributed by atoms with Gasteiger partial charge in [0, 0.05) is 12.3 Å². The third-order valence-corrected chi connectivity index (χ3v) is 3.31. The number of nitrogens with zero attached hydrogens (tertiary/aromatic N) is 2. The van der Waals surface area contributed by atoms with Crippen LogP contribution in [0.3, 0.4) is 0 Å². The molecule has 0 saturated carbocycles. The van der Waals surface area contributed by atoms with Gasteiger partial charge in [0.1, 0.15) is 0 Å². The van der Waals surface area contributed by atoms with Gasteiger partial charge in [-0.1, -0.05) is 18.7 Å². The fourth-order valence-corrected chi connectivity index (χ4v) is 2.39. The Labute approximate surface area is 103 Å². The molecule has 4 N–H and O–H groups in total. The van der Waals surface area contributed by atoms with E-state index in [1.54, 1.807) is 11.6 Å². The first kappa shape index (κ1) is 13.8. The van der Waals surface area contributed by atoms with Crippen LogP contribution in [0.25, 0.3) is 0 Å². The summed E-state index contributed by atoms with van der Waals surface area (Å²) >= 11 is 1.33. The largest absolute Gasteiger partial charge is 0.368 e.